The van der Waals surface area contributed by atoms with E-state index in [0.29, 0.717) is 17.3 Å². The van der Waals surface area contributed by atoms with Crippen molar-refractivity contribution in [1.82, 2.24) is 0 Å². The Bertz CT molecular complexity index is 557. The summed E-state index contributed by atoms with van der Waals surface area (Å²) >= 11 is 6.11. The molecule has 18 heavy (non-hydrogen) atoms. The van der Waals surface area contributed by atoms with Gasteiger partial charge in [-0.15, -0.1) is 0 Å². The zero-order chi connectivity index (χ0) is 13.1. The minimum Gasteiger partial charge on any atom is -0.399 e. The van der Waals surface area contributed by atoms with Gasteiger partial charge in [0.05, 0.1) is 0 Å². The summed E-state index contributed by atoms with van der Waals surface area (Å²) in [5.41, 5.74) is 8.04. The van der Waals surface area contributed by atoms with Gasteiger partial charge >= 0.3 is 0 Å². The lowest BCUT2D eigenvalue weighted by molar-refractivity contribution is 0.627. The van der Waals surface area contributed by atoms with Crippen LogP contribution in [-0.2, 0) is 6.54 Å². The maximum absolute atomic E-state index is 13.1. The first kappa shape index (κ1) is 12.7. The van der Waals surface area contributed by atoms with E-state index in [9.17, 15) is 4.39 Å². The van der Waals surface area contributed by atoms with Gasteiger partial charge in [-0.3, -0.25) is 0 Å². The molecule has 4 heteroatoms. The van der Waals surface area contributed by atoms with E-state index >= 15 is 0 Å². The number of rotatable bonds is 3. The van der Waals surface area contributed by atoms with Crippen LogP contribution in [0, 0.1) is 5.82 Å². The van der Waals surface area contributed by atoms with Crippen molar-refractivity contribution >= 4 is 23.0 Å². The smallest absolute Gasteiger partial charge is 0.125 e. The lowest BCUT2D eigenvalue weighted by atomic mass is 10.2. The Kier molecular flexibility index (Phi) is 3.72. The second kappa shape index (κ2) is 5.27. The van der Waals surface area contributed by atoms with E-state index in [0.717, 1.165) is 11.3 Å². The lowest BCUT2D eigenvalue weighted by Gasteiger charge is -2.20. The van der Waals surface area contributed by atoms with Gasteiger partial charge in [0.2, 0.25) is 0 Å². The fourth-order valence-corrected chi connectivity index (χ4v) is 2.00. The second-order valence-electron chi connectivity index (χ2n) is 4.19. The molecule has 0 aliphatic carbocycles. The molecule has 2 aromatic rings. The van der Waals surface area contributed by atoms with Crippen molar-refractivity contribution in [2.45, 2.75) is 6.54 Å². The van der Waals surface area contributed by atoms with E-state index in [1.807, 2.05) is 24.1 Å². The van der Waals surface area contributed by atoms with Gasteiger partial charge in [-0.25, -0.2) is 4.39 Å². The number of benzene rings is 2. The third-order valence-corrected chi connectivity index (χ3v) is 3.09. The summed E-state index contributed by atoms with van der Waals surface area (Å²) in [5.74, 6) is -0.247. The van der Waals surface area contributed by atoms with Gasteiger partial charge in [0.25, 0.3) is 0 Å². The molecule has 2 N–H and O–H groups in total. The van der Waals surface area contributed by atoms with Gasteiger partial charge in [-0.05, 0) is 35.9 Å². The molecule has 0 aliphatic heterocycles. The zero-order valence-electron chi connectivity index (χ0n) is 10.0. The maximum Gasteiger partial charge on any atom is 0.125 e. The van der Waals surface area contributed by atoms with Crippen LogP contribution in [0.15, 0.2) is 42.5 Å². The second-order valence-corrected chi connectivity index (χ2v) is 4.59. The molecule has 2 aromatic carbocycles. The molecule has 0 amide bonds. The van der Waals surface area contributed by atoms with Gasteiger partial charge in [-0.1, -0.05) is 23.7 Å². The summed E-state index contributed by atoms with van der Waals surface area (Å²) in [6.45, 7) is 0.600. The molecule has 0 spiro atoms. The van der Waals surface area contributed by atoms with Crippen LogP contribution in [-0.4, -0.2) is 7.05 Å². The number of hydrogen-bond acceptors (Lipinski definition) is 2. The Morgan fingerprint density at radius 1 is 1.22 bits per heavy atom. The molecule has 0 saturated heterocycles. The zero-order valence-corrected chi connectivity index (χ0v) is 10.8. The van der Waals surface area contributed by atoms with E-state index in [2.05, 4.69) is 0 Å². The number of hydrogen-bond donors (Lipinski definition) is 1. The number of nitrogen functional groups attached to an aromatic ring is 1. The highest BCUT2D eigenvalue weighted by molar-refractivity contribution is 6.31. The predicted octanol–water partition coefficient (Wildman–Crippen LogP) is 3.70. The van der Waals surface area contributed by atoms with Gasteiger partial charge < -0.3 is 10.6 Å². The van der Waals surface area contributed by atoms with Crippen LogP contribution in [0.25, 0.3) is 0 Å². The number of nitrogens with zero attached hydrogens (tertiary/aromatic N) is 1. The van der Waals surface area contributed by atoms with E-state index in [1.54, 1.807) is 18.2 Å². The predicted molar refractivity (Wildman–Crippen MR) is 74.4 cm³/mol. The Morgan fingerprint density at radius 2 is 2.00 bits per heavy atom. The lowest BCUT2D eigenvalue weighted by Crippen LogP contribution is -2.16. The van der Waals surface area contributed by atoms with Crippen LogP contribution in [0.3, 0.4) is 0 Å². The minimum atomic E-state index is -0.247. The summed E-state index contributed by atoms with van der Waals surface area (Å²) in [5, 5.41) is 0.623. The van der Waals surface area contributed by atoms with Crippen LogP contribution in [0.1, 0.15) is 5.56 Å². The first-order valence-corrected chi connectivity index (χ1v) is 5.94. The van der Waals surface area contributed by atoms with Gasteiger partial charge in [0.15, 0.2) is 0 Å². The Morgan fingerprint density at radius 3 is 2.67 bits per heavy atom. The first-order chi connectivity index (χ1) is 8.56. The molecule has 0 heterocycles. The molecule has 0 radical (unpaired) electrons. The Balaban J connectivity index is 2.18. The van der Waals surface area contributed by atoms with Crippen LogP contribution >= 0.6 is 11.6 Å². The number of nitrogens with two attached hydrogens (primary N) is 1. The third-order valence-electron chi connectivity index (χ3n) is 2.73. The largest absolute Gasteiger partial charge is 0.399 e. The molecular weight excluding hydrogens is 251 g/mol. The quantitative estimate of drug-likeness (QED) is 0.857. The summed E-state index contributed by atoms with van der Waals surface area (Å²) in [7, 11) is 1.89. The molecular formula is C14H14ClFN2. The number of halogens is 2. The number of anilines is 2. The highest BCUT2D eigenvalue weighted by Gasteiger charge is 2.06. The average molecular weight is 265 g/mol. The molecule has 0 atom stereocenters. The molecule has 0 saturated carbocycles. The van der Waals surface area contributed by atoms with E-state index in [-0.39, 0.29) is 5.82 Å². The molecule has 0 aliphatic rings. The summed E-state index contributed by atoms with van der Waals surface area (Å²) < 4.78 is 13.1. The van der Waals surface area contributed by atoms with Crippen LogP contribution < -0.4 is 10.6 Å². The van der Waals surface area contributed by atoms with Crippen molar-refractivity contribution < 1.29 is 4.39 Å². The SMILES string of the molecule is CN(Cc1ccc(N)cc1Cl)c1cccc(F)c1. The van der Waals surface area contributed by atoms with Crippen molar-refractivity contribution in [2.75, 3.05) is 17.7 Å². The summed E-state index contributed by atoms with van der Waals surface area (Å²) in [6.07, 6.45) is 0. The topological polar surface area (TPSA) is 29.3 Å². The molecule has 0 fully saturated rings. The van der Waals surface area contributed by atoms with E-state index in [4.69, 9.17) is 17.3 Å². The molecule has 94 valence electrons. The van der Waals surface area contributed by atoms with Crippen molar-refractivity contribution in [3.63, 3.8) is 0 Å². The minimum absolute atomic E-state index is 0.247. The molecule has 0 aromatic heterocycles. The third kappa shape index (κ3) is 2.93. The molecule has 2 nitrogen and oxygen atoms in total. The summed E-state index contributed by atoms with van der Waals surface area (Å²) in [6, 6.07) is 11.9. The van der Waals surface area contributed by atoms with Crippen LogP contribution in [0.4, 0.5) is 15.8 Å². The maximum atomic E-state index is 13.1. The van der Waals surface area contributed by atoms with Gasteiger partial charge in [0, 0.05) is 30.0 Å². The van der Waals surface area contributed by atoms with Crippen molar-refractivity contribution in [3.05, 3.63) is 58.9 Å². The van der Waals surface area contributed by atoms with Gasteiger partial charge in [0.1, 0.15) is 5.82 Å². The Hall–Kier alpha value is -1.74. The molecule has 0 bridgehead atoms. The van der Waals surface area contributed by atoms with Crippen molar-refractivity contribution in [1.29, 1.82) is 0 Å². The monoisotopic (exact) mass is 264 g/mol. The standard InChI is InChI=1S/C14H14ClFN2/c1-18(13-4-2-3-11(16)7-13)9-10-5-6-12(17)8-14(10)15/h2-8H,9,17H2,1H3. The van der Waals surface area contributed by atoms with E-state index in [1.165, 1.54) is 12.1 Å². The van der Waals surface area contributed by atoms with Crippen molar-refractivity contribution in [3.8, 4) is 0 Å². The van der Waals surface area contributed by atoms with Gasteiger partial charge in [-0.2, -0.15) is 0 Å². The summed E-state index contributed by atoms with van der Waals surface area (Å²) in [4.78, 5) is 1.93. The molecule has 2 rings (SSSR count). The Labute approximate surface area is 111 Å². The highest BCUT2D eigenvalue weighted by Crippen LogP contribution is 2.23. The molecule has 0 unspecified atom stereocenters. The fraction of sp³-hybridized carbons (Fsp3) is 0.143. The normalized spacial score (nSPS) is 10.4. The van der Waals surface area contributed by atoms with Crippen LogP contribution in [0.5, 0.6) is 0 Å². The average Bonchev–Trinajstić information content (AvgIpc) is 2.32. The van der Waals surface area contributed by atoms with Crippen molar-refractivity contribution in [2.24, 2.45) is 0 Å². The van der Waals surface area contributed by atoms with E-state index < -0.39 is 0 Å². The van der Waals surface area contributed by atoms with Crippen LogP contribution in [0.2, 0.25) is 5.02 Å². The fourth-order valence-electron chi connectivity index (χ4n) is 1.75. The first-order valence-electron chi connectivity index (χ1n) is 5.57. The highest BCUT2D eigenvalue weighted by atomic mass is 35.5.